The molecule has 1 aromatic heterocycles. The highest BCUT2D eigenvalue weighted by molar-refractivity contribution is 7.80. The van der Waals surface area contributed by atoms with Gasteiger partial charge in [0.1, 0.15) is 12.1 Å². The van der Waals surface area contributed by atoms with Gasteiger partial charge in [-0.2, -0.15) is 0 Å². The van der Waals surface area contributed by atoms with Crippen molar-refractivity contribution in [3.63, 3.8) is 0 Å². The largest absolute Gasteiger partial charge is 0.380 e. The molecule has 0 saturated carbocycles. The summed E-state index contributed by atoms with van der Waals surface area (Å²) in [5.41, 5.74) is 3.43. The Hall–Kier alpha value is -2.11. The van der Waals surface area contributed by atoms with Crippen LogP contribution in [0.1, 0.15) is 11.1 Å². The lowest BCUT2D eigenvalue weighted by Crippen LogP contribution is -2.08. The van der Waals surface area contributed by atoms with Crippen LogP contribution in [-0.2, 0) is 17.8 Å². The highest BCUT2D eigenvalue weighted by Gasteiger charge is 2.05. The predicted molar refractivity (Wildman–Crippen MR) is 96.1 cm³/mol. The molecule has 0 saturated heterocycles. The first-order valence-corrected chi connectivity index (χ1v) is 7.96. The Balaban J connectivity index is 1.73. The number of hydrogen-bond acceptors (Lipinski definition) is 5. The van der Waals surface area contributed by atoms with Gasteiger partial charge in [0.15, 0.2) is 0 Å². The highest BCUT2D eigenvalue weighted by atomic mass is 32.1. The summed E-state index contributed by atoms with van der Waals surface area (Å²) in [6, 6.07) is 14.2. The van der Waals surface area contributed by atoms with E-state index in [-0.39, 0.29) is 0 Å². The fourth-order valence-electron chi connectivity index (χ4n) is 2.60. The van der Waals surface area contributed by atoms with Gasteiger partial charge in [0.25, 0.3) is 0 Å². The molecule has 0 amide bonds. The third-order valence-corrected chi connectivity index (χ3v) is 4.00. The van der Waals surface area contributed by atoms with Gasteiger partial charge in [0.2, 0.25) is 0 Å². The molecular weight excluding hydrogens is 306 g/mol. The molecule has 4 nitrogen and oxygen atoms in total. The number of thiol groups is 1. The normalized spacial score (nSPS) is 10.9. The lowest BCUT2D eigenvalue weighted by Gasteiger charge is -2.11. The van der Waals surface area contributed by atoms with E-state index in [4.69, 9.17) is 4.74 Å². The fraction of sp³-hybridized carbons (Fsp3) is 0.222. The van der Waals surface area contributed by atoms with Crippen molar-refractivity contribution in [2.75, 3.05) is 19.0 Å². The highest BCUT2D eigenvalue weighted by Crippen LogP contribution is 2.22. The number of methoxy groups -OCH3 is 1. The number of anilines is 1. The van der Waals surface area contributed by atoms with E-state index < -0.39 is 0 Å². The molecule has 0 atom stereocenters. The van der Waals surface area contributed by atoms with E-state index in [1.807, 2.05) is 24.3 Å². The third kappa shape index (κ3) is 3.81. The monoisotopic (exact) mass is 325 g/mol. The molecule has 0 bridgehead atoms. The maximum absolute atomic E-state index is 5.25. The average Bonchev–Trinajstić information content (AvgIpc) is 2.57. The number of nitrogens with zero attached hydrogens (tertiary/aromatic N) is 2. The Morgan fingerprint density at radius 2 is 1.91 bits per heavy atom. The van der Waals surface area contributed by atoms with Crippen molar-refractivity contribution in [2.45, 2.75) is 17.9 Å². The minimum Gasteiger partial charge on any atom is -0.380 e. The summed E-state index contributed by atoms with van der Waals surface area (Å²) < 4.78 is 5.25. The minimum absolute atomic E-state index is 0.635. The van der Waals surface area contributed by atoms with Crippen LogP contribution in [0.15, 0.2) is 53.7 Å². The summed E-state index contributed by atoms with van der Waals surface area (Å²) >= 11 is 4.40. The number of fused-ring (bicyclic) bond motifs is 1. The molecule has 0 fully saturated rings. The molecular formula is C18H19N3OS. The number of benzene rings is 2. The fourth-order valence-corrected chi connectivity index (χ4v) is 2.80. The molecule has 0 spiro atoms. The van der Waals surface area contributed by atoms with Gasteiger partial charge >= 0.3 is 0 Å². The summed E-state index contributed by atoms with van der Waals surface area (Å²) in [7, 11) is 1.72. The van der Waals surface area contributed by atoms with E-state index in [0.717, 1.165) is 34.6 Å². The van der Waals surface area contributed by atoms with Gasteiger partial charge in [-0.25, -0.2) is 9.97 Å². The van der Waals surface area contributed by atoms with Crippen LogP contribution < -0.4 is 5.32 Å². The Morgan fingerprint density at radius 1 is 1.09 bits per heavy atom. The van der Waals surface area contributed by atoms with E-state index in [9.17, 15) is 0 Å². The molecule has 0 aliphatic rings. The average molecular weight is 325 g/mol. The van der Waals surface area contributed by atoms with E-state index in [1.165, 1.54) is 11.1 Å². The van der Waals surface area contributed by atoms with Crippen molar-refractivity contribution in [1.82, 2.24) is 9.97 Å². The van der Waals surface area contributed by atoms with Crippen LogP contribution in [-0.4, -0.2) is 23.6 Å². The van der Waals surface area contributed by atoms with Gasteiger partial charge in [-0.05, 0) is 35.7 Å². The van der Waals surface area contributed by atoms with Crippen molar-refractivity contribution in [3.05, 3.63) is 59.9 Å². The topological polar surface area (TPSA) is 47.0 Å². The van der Waals surface area contributed by atoms with Crippen molar-refractivity contribution in [1.29, 1.82) is 0 Å². The van der Waals surface area contributed by atoms with Crippen LogP contribution in [0, 0.1) is 0 Å². The number of hydrogen-bond donors (Lipinski definition) is 2. The van der Waals surface area contributed by atoms with Crippen LogP contribution in [0.2, 0.25) is 0 Å². The lowest BCUT2D eigenvalue weighted by molar-refractivity contribution is 0.184. The van der Waals surface area contributed by atoms with Gasteiger partial charge in [-0.15, -0.1) is 12.6 Å². The molecule has 23 heavy (non-hydrogen) atoms. The Bertz CT molecular complexity index is 807. The third-order valence-electron chi connectivity index (χ3n) is 3.72. The number of aromatic nitrogens is 2. The van der Waals surface area contributed by atoms with Crippen LogP contribution >= 0.6 is 12.6 Å². The maximum Gasteiger partial charge on any atom is 0.137 e. The van der Waals surface area contributed by atoms with Gasteiger partial charge in [-0.3, -0.25) is 0 Å². The second kappa shape index (κ2) is 7.44. The SMILES string of the molecule is COCc1ccccc1CCNc1ncnc2ccc(S)cc12. The smallest absolute Gasteiger partial charge is 0.137 e. The van der Waals surface area contributed by atoms with Gasteiger partial charge in [0, 0.05) is 23.9 Å². The molecule has 0 radical (unpaired) electrons. The first kappa shape index (κ1) is 15.8. The zero-order valence-electron chi connectivity index (χ0n) is 13.0. The summed E-state index contributed by atoms with van der Waals surface area (Å²) in [5, 5.41) is 4.40. The summed E-state index contributed by atoms with van der Waals surface area (Å²) in [5.74, 6) is 0.843. The van der Waals surface area contributed by atoms with E-state index in [0.29, 0.717) is 6.61 Å². The molecule has 3 aromatic rings. The van der Waals surface area contributed by atoms with Crippen molar-refractivity contribution in [3.8, 4) is 0 Å². The van der Waals surface area contributed by atoms with Gasteiger partial charge < -0.3 is 10.1 Å². The Morgan fingerprint density at radius 3 is 2.74 bits per heavy atom. The van der Waals surface area contributed by atoms with Gasteiger partial charge in [-0.1, -0.05) is 24.3 Å². The Labute approximate surface area is 141 Å². The van der Waals surface area contributed by atoms with Crippen molar-refractivity contribution < 1.29 is 4.74 Å². The standard InChI is InChI=1S/C18H19N3OS/c1-22-11-14-5-3-2-4-13(14)8-9-19-18-16-10-15(23)6-7-17(16)20-12-21-18/h2-7,10,12,23H,8-9,11H2,1H3,(H,19,20,21). The van der Waals surface area contributed by atoms with Crippen LogP contribution in [0.25, 0.3) is 10.9 Å². The van der Waals surface area contributed by atoms with E-state index in [2.05, 4.69) is 46.1 Å². The van der Waals surface area contributed by atoms with Crippen molar-refractivity contribution in [2.24, 2.45) is 0 Å². The summed E-state index contributed by atoms with van der Waals surface area (Å²) in [4.78, 5) is 9.55. The zero-order chi connectivity index (χ0) is 16.1. The van der Waals surface area contributed by atoms with Crippen LogP contribution in [0.3, 0.4) is 0 Å². The molecule has 1 heterocycles. The zero-order valence-corrected chi connectivity index (χ0v) is 13.9. The van der Waals surface area contributed by atoms with Crippen LogP contribution in [0.5, 0.6) is 0 Å². The van der Waals surface area contributed by atoms with Gasteiger partial charge in [0.05, 0.1) is 12.1 Å². The molecule has 0 unspecified atom stereocenters. The molecule has 118 valence electrons. The van der Waals surface area contributed by atoms with Crippen molar-refractivity contribution >= 4 is 29.3 Å². The minimum atomic E-state index is 0.635. The lowest BCUT2D eigenvalue weighted by atomic mass is 10.1. The molecule has 3 rings (SSSR count). The molecule has 0 aliphatic heterocycles. The quantitative estimate of drug-likeness (QED) is 0.678. The second-order valence-electron chi connectivity index (χ2n) is 5.30. The maximum atomic E-state index is 5.25. The number of nitrogens with one attached hydrogen (secondary N) is 1. The summed E-state index contributed by atoms with van der Waals surface area (Å²) in [6.07, 6.45) is 2.49. The first-order chi connectivity index (χ1) is 11.3. The molecule has 1 N–H and O–H groups in total. The number of ether oxygens (including phenoxy) is 1. The molecule has 0 aliphatic carbocycles. The van der Waals surface area contributed by atoms with Crippen LogP contribution in [0.4, 0.5) is 5.82 Å². The Kier molecular flexibility index (Phi) is 5.10. The molecule has 5 heteroatoms. The molecule has 2 aromatic carbocycles. The predicted octanol–water partition coefficient (Wildman–Crippen LogP) is 3.72. The van der Waals surface area contributed by atoms with E-state index in [1.54, 1.807) is 13.4 Å². The second-order valence-corrected chi connectivity index (χ2v) is 5.82. The number of rotatable bonds is 6. The van der Waals surface area contributed by atoms with E-state index >= 15 is 0 Å². The first-order valence-electron chi connectivity index (χ1n) is 7.51. The summed E-state index contributed by atoms with van der Waals surface area (Å²) in [6.45, 7) is 1.43.